The van der Waals surface area contributed by atoms with E-state index < -0.39 is 22.5 Å². The van der Waals surface area contributed by atoms with Gasteiger partial charge in [-0.1, -0.05) is 25.7 Å². The summed E-state index contributed by atoms with van der Waals surface area (Å²) in [6, 6.07) is 4.47. The molecule has 1 aliphatic heterocycles. The van der Waals surface area contributed by atoms with Gasteiger partial charge in [0.25, 0.3) is 5.91 Å². The van der Waals surface area contributed by atoms with Crippen LogP contribution in [0.25, 0.3) is 0 Å². The van der Waals surface area contributed by atoms with Crippen LogP contribution in [0.4, 0.5) is 5.69 Å². The Bertz CT molecular complexity index is 858. The van der Waals surface area contributed by atoms with Crippen molar-refractivity contribution in [1.29, 1.82) is 0 Å². The van der Waals surface area contributed by atoms with Crippen LogP contribution in [0.1, 0.15) is 51.4 Å². The number of carbonyl (C=O) groups excluding carboxylic acids is 2. The molecule has 0 bridgehead atoms. The average Bonchev–Trinajstić information content (AvgIpc) is 2.78. The lowest BCUT2D eigenvalue weighted by molar-refractivity contribution is -0.152. The normalized spacial score (nSPS) is 18.6. The van der Waals surface area contributed by atoms with Crippen LogP contribution >= 0.6 is 0 Å². The summed E-state index contributed by atoms with van der Waals surface area (Å²) in [5.74, 6) is -0.755. The van der Waals surface area contributed by atoms with Crippen LogP contribution in [0.2, 0.25) is 0 Å². The molecule has 2 fully saturated rings. The number of piperidine rings is 1. The van der Waals surface area contributed by atoms with E-state index in [4.69, 9.17) is 9.47 Å². The fraction of sp³-hybridized carbons (Fsp3) is 0.619. The molecule has 3 rings (SSSR count). The third-order valence-electron chi connectivity index (χ3n) is 5.66. The molecule has 1 aromatic rings. The molecule has 9 heteroatoms. The van der Waals surface area contributed by atoms with Crippen molar-refractivity contribution in [1.82, 2.24) is 4.31 Å². The van der Waals surface area contributed by atoms with Crippen molar-refractivity contribution >= 4 is 27.6 Å². The molecule has 1 saturated carbocycles. The van der Waals surface area contributed by atoms with Gasteiger partial charge in [0.15, 0.2) is 6.61 Å². The second-order valence-electron chi connectivity index (χ2n) is 7.82. The Kier molecular flexibility index (Phi) is 7.71. The third-order valence-corrected chi connectivity index (χ3v) is 7.58. The summed E-state index contributed by atoms with van der Waals surface area (Å²) >= 11 is 0. The Balaban J connectivity index is 1.65. The van der Waals surface area contributed by atoms with E-state index in [1.807, 2.05) is 0 Å². The minimum Gasteiger partial charge on any atom is -0.495 e. The van der Waals surface area contributed by atoms with E-state index in [0.717, 1.165) is 51.4 Å². The lowest BCUT2D eigenvalue weighted by Crippen LogP contribution is -2.35. The molecular weight excluding hydrogens is 408 g/mol. The quantitative estimate of drug-likeness (QED) is 0.657. The highest BCUT2D eigenvalue weighted by Crippen LogP contribution is 2.31. The van der Waals surface area contributed by atoms with Gasteiger partial charge >= 0.3 is 5.97 Å². The summed E-state index contributed by atoms with van der Waals surface area (Å²) in [5.41, 5.74) is 0.310. The minimum absolute atomic E-state index is 0.0175. The topological polar surface area (TPSA) is 102 Å². The van der Waals surface area contributed by atoms with Crippen LogP contribution in [0.15, 0.2) is 23.1 Å². The van der Waals surface area contributed by atoms with Crippen LogP contribution in [0.5, 0.6) is 5.75 Å². The number of nitrogens with one attached hydrogen (secondary N) is 1. The number of sulfonamides is 1. The smallest absolute Gasteiger partial charge is 0.309 e. The van der Waals surface area contributed by atoms with Gasteiger partial charge in [-0.25, -0.2) is 8.42 Å². The molecule has 0 aromatic heterocycles. The van der Waals surface area contributed by atoms with Crippen molar-refractivity contribution in [3.05, 3.63) is 18.2 Å². The highest BCUT2D eigenvalue weighted by molar-refractivity contribution is 7.89. The zero-order valence-corrected chi connectivity index (χ0v) is 18.2. The van der Waals surface area contributed by atoms with E-state index in [9.17, 15) is 18.0 Å². The van der Waals surface area contributed by atoms with Gasteiger partial charge in [-0.2, -0.15) is 4.31 Å². The van der Waals surface area contributed by atoms with E-state index in [1.54, 1.807) is 6.07 Å². The van der Waals surface area contributed by atoms with Crippen LogP contribution in [-0.4, -0.2) is 51.4 Å². The lowest BCUT2D eigenvalue weighted by atomic mass is 9.89. The SMILES string of the molecule is COc1ccc(NC(=O)COC(=O)C2CCCCC2)cc1S(=O)(=O)N1CCCCC1. The molecule has 0 spiro atoms. The molecule has 166 valence electrons. The van der Waals surface area contributed by atoms with Gasteiger partial charge in [-0.3, -0.25) is 9.59 Å². The first-order valence-electron chi connectivity index (χ1n) is 10.6. The fourth-order valence-corrected chi connectivity index (χ4v) is 5.69. The van der Waals surface area contributed by atoms with Crippen molar-refractivity contribution in [3.63, 3.8) is 0 Å². The van der Waals surface area contributed by atoms with Crippen LogP contribution < -0.4 is 10.1 Å². The van der Waals surface area contributed by atoms with Gasteiger partial charge in [0, 0.05) is 18.8 Å². The van der Waals surface area contributed by atoms with Crippen LogP contribution in [0, 0.1) is 5.92 Å². The van der Waals surface area contributed by atoms with Crippen LogP contribution in [0.3, 0.4) is 0 Å². The molecule has 1 N–H and O–H groups in total. The number of hydrogen-bond acceptors (Lipinski definition) is 6. The molecule has 0 unspecified atom stereocenters. The average molecular weight is 439 g/mol. The monoisotopic (exact) mass is 438 g/mol. The number of hydrogen-bond donors (Lipinski definition) is 1. The fourth-order valence-electron chi connectivity index (χ4n) is 3.99. The first-order chi connectivity index (χ1) is 14.4. The maximum Gasteiger partial charge on any atom is 0.309 e. The number of amides is 1. The Morgan fingerprint density at radius 3 is 2.40 bits per heavy atom. The number of ether oxygens (including phenoxy) is 2. The molecular formula is C21H30N2O6S. The van der Waals surface area contributed by atoms with E-state index in [-0.39, 0.29) is 22.5 Å². The second kappa shape index (κ2) is 10.3. The summed E-state index contributed by atoms with van der Waals surface area (Å²) in [6.45, 7) is 0.550. The maximum absolute atomic E-state index is 13.1. The number of anilines is 1. The first-order valence-corrected chi connectivity index (χ1v) is 12.0. The Labute approximate surface area is 178 Å². The van der Waals surface area contributed by atoms with E-state index in [0.29, 0.717) is 18.8 Å². The number of esters is 1. The zero-order valence-electron chi connectivity index (χ0n) is 17.4. The largest absolute Gasteiger partial charge is 0.495 e. The second-order valence-corrected chi connectivity index (χ2v) is 9.73. The number of nitrogens with zero attached hydrogens (tertiary/aromatic N) is 1. The molecule has 8 nitrogen and oxygen atoms in total. The van der Waals surface area contributed by atoms with Gasteiger partial charge in [-0.05, 0) is 43.9 Å². The summed E-state index contributed by atoms with van der Waals surface area (Å²) in [4.78, 5) is 24.4. The van der Waals surface area contributed by atoms with Gasteiger partial charge in [0.1, 0.15) is 10.6 Å². The van der Waals surface area contributed by atoms with E-state index >= 15 is 0 Å². The van der Waals surface area contributed by atoms with Crippen molar-refractivity contribution in [3.8, 4) is 5.75 Å². The molecule has 2 aliphatic rings. The number of benzene rings is 1. The van der Waals surface area contributed by atoms with Crippen molar-refractivity contribution in [2.75, 3.05) is 32.1 Å². The molecule has 1 amide bonds. The molecule has 30 heavy (non-hydrogen) atoms. The minimum atomic E-state index is -3.73. The zero-order chi connectivity index (χ0) is 21.6. The maximum atomic E-state index is 13.1. The predicted molar refractivity (Wildman–Crippen MR) is 112 cm³/mol. The summed E-state index contributed by atoms with van der Waals surface area (Å²) in [6.07, 6.45) is 7.41. The van der Waals surface area contributed by atoms with Crippen molar-refractivity contribution in [2.45, 2.75) is 56.3 Å². The highest BCUT2D eigenvalue weighted by atomic mass is 32.2. The van der Waals surface area contributed by atoms with Gasteiger partial charge in [0.2, 0.25) is 10.0 Å². The number of carbonyl (C=O) groups is 2. The lowest BCUT2D eigenvalue weighted by Gasteiger charge is -2.26. The Morgan fingerprint density at radius 2 is 1.73 bits per heavy atom. The van der Waals surface area contributed by atoms with Crippen molar-refractivity contribution < 1.29 is 27.5 Å². The molecule has 1 saturated heterocycles. The first kappa shape index (κ1) is 22.6. The molecule has 0 atom stereocenters. The number of methoxy groups -OCH3 is 1. The van der Waals surface area contributed by atoms with E-state index in [1.165, 1.54) is 23.5 Å². The molecule has 1 aliphatic carbocycles. The van der Waals surface area contributed by atoms with Gasteiger partial charge in [-0.15, -0.1) is 0 Å². The van der Waals surface area contributed by atoms with Gasteiger partial charge < -0.3 is 14.8 Å². The molecule has 1 aromatic carbocycles. The number of rotatable bonds is 7. The predicted octanol–water partition coefficient (Wildman–Crippen LogP) is 2.93. The Hall–Kier alpha value is -2.13. The Morgan fingerprint density at radius 1 is 1.07 bits per heavy atom. The summed E-state index contributed by atoms with van der Waals surface area (Å²) in [7, 11) is -2.32. The molecule has 1 heterocycles. The summed E-state index contributed by atoms with van der Waals surface area (Å²) in [5, 5.41) is 2.61. The standard InChI is InChI=1S/C21H30N2O6S/c1-28-18-11-10-17(14-19(18)30(26,27)23-12-6-3-7-13-23)22-20(24)15-29-21(25)16-8-4-2-5-9-16/h10-11,14,16H,2-9,12-13,15H2,1H3,(H,22,24). The summed E-state index contributed by atoms with van der Waals surface area (Å²) < 4.78 is 38.0. The molecule has 0 radical (unpaired) electrons. The van der Waals surface area contributed by atoms with Crippen LogP contribution in [-0.2, 0) is 24.3 Å². The van der Waals surface area contributed by atoms with Gasteiger partial charge in [0.05, 0.1) is 13.0 Å². The highest BCUT2D eigenvalue weighted by Gasteiger charge is 2.29. The third kappa shape index (κ3) is 5.51. The van der Waals surface area contributed by atoms with E-state index in [2.05, 4.69) is 5.32 Å². The van der Waals surface area contributed by atoms with Crippen molar-refractivity contribution in [2.24, 2.45) is 5.92 Å².